The van der Waals surface area contributed by atoms with E-state index in [1.807, 2.05) is 12.1 Å². The van der Waals surface area contributed by atoms with E-state index in [1.54, 1.807) is 0 Å². The Hall–Kier alpha value is -0.570. The lowest BCUT2D eigenvalue weighted by atomic mass is 9.85. The number of hydrogen-bond donors (Lipinski definition) is 1. The molecule has 0 amide bonds. The van der Waals surface area contributed by atoms with Crippen LogP contribution in [-0.4, -0.2) is 30.1 Å². The second-order valence-electron chi connectivity index (χ2n) is 6.19. The van der Waals surface area contributed by atoms with Gasteiger partial charge in [0, 0.05) is 30.2 Å². The van der Waals surface area contributed by atoms with Crippen molar-refractivity contribution in [2.75, 3.05) is 19.6 Å². The summed E-state index contributed by atoms with van der Waals surface area (Å²) < 4.78 is 0. The molecule has 1 N–H and O–H groups in total. The SMILES string of the molecule is CC1(C)C2CNCC2CN1Cc1ccc(Cl)cc1. The van der Waals surface area contributed by atoms with Crippen molar-refractivity contribution in [3.8, 4) is 0 Å². The molecular formula is C15H21ClN2. The largest absolute Gasteiger partial charge is 0.316 e. The summed E-state index contributed by atoms with van der Waals surface area (Å²) in [6.45, 7) is 9.39. The van der Waals surface area contributed by atoms with E-state index in [-0.39, 0.29) is 0 Å². The second kappa shape index (κ2) is 4.52. The zero-order valence-electron chi connectivity index (χ0n) is 11.1. The second-order valence-corrected chi connectivity index (χ2v) is 6.62. The molecule has 1 aromatic carbocycles. The first-order valence-corrected chi connectivity index (χ1v) is 7.15. The van der Waals surface area contributed by atoms with Crippen LogP contribution in [0.2, 0.25) is 5.02 Å². The first-order valence-electron chi connectivity index (χ1n) is 6.77. The van der Waals surface area contributed by atoms with E-state index in [4.69, 9.17) is 11.6 Å². The fraction of sp³-hybridized carbons (Fsp3) is 0.600. The maximum Gasteiger partial charge on any atom is 0.0406 e. The highest BCUT2D eigenvalue weighted by Gasteiger charge is 2.49. The van der Waals surface area contributed by atoms with Crippen LogP contribution in [0.15, 0.2) is 24.3 Å². The highest BCUT2D eigenvalue weighted by atomic mass is 35.5. The van der Waals surface area contributed by atoms with Crippen molar-refractivity contribution < 1.29 is 0 Å². The molecule has 2 nitrogen and oxygen atoms in total. The van der Waals surface area contributed by atoms with Crippen molar-refractivity contribution in [3.05, 3.63) is 34.9 Å². The third-order valence-corrected chi connectivity index (χ3v) is 5.06. The Bertz CT molecular complexity index is 427. The molecule has 0 aromatic heterocycles. The summed E-state index contributed by atoms with van der Waals surface area (Å²) in [4.78, 5) is 2.63. The van der Waals surface area contributed by atoms with Gasteiger partial charge in [0.05, 0.1) is 0 Å². The van der Waals surface area contributed by atoms with Crippen molar-refractivity contribution in [1.29, 1.82) is 0 Å². The molecule has 2 heterocycles. The number of nitrogens with zero attached hydrogens (tertiary/aromatic N) is 1. The van der Waals surface area contributed by atoms with Crippen molar-refractivity contribution in [1.82, 2.24) is 10.2 Å². The van der Waals surface area contributed by atoms with Gasteiger partial charge in [-0.2, -0.15) is 0 Å². The minimum Gasteiger partial charge on any atom is -0.316 e. The van der Waals surface area contributed by atoms with Gasteiger partial charge in [0.25, 0.3) is 0 Å². The average Bonchev–Trinajstić information content (AvgIpc) is 2.87. The van der Waals surface area contributed by atoms with E-state index in [2.05, 4.69) is 36.2 Å². The van der Waals surface area contributed by atoms with Gasteiger partial charge in [-0.15, -0.1) is 0 Å². The third kappa shape index (κ3) is 2.07. The first-order chi connectivity index (χ1) is 8.57. The monoisotopic (exact) mass is 264 g/mol. The van der Waals surface area contributed by atoms with Gasteiger partial charge in [-0.3, -0.25) is 4.90 Å². The van der Waals surface area contributed by atoms with Crippen LogP contribution in [0.25, 0.3) is 0 Å². The lowest BCUT2D eigenvalue weighted by molar-refractivity contribution is 0.132. The van der Waals surface area contributed by atoms with Crippen molar-refractivity contribution in [2.24, 2.45) is 11.8 Å². The van der Waals surface area contributed by atoms with Gasteiger partial charge in [0.1, 0.15) is 0 Å². The number of rotatable bonds is 2. The molecule has 3 rings (SSSR count). The maximum atomic E-state index is 5.94. The fourth-order valence-corrected chi connectivity index (χ4v) is 3.71. The van der Waals surface area contributed by atoms with E-state index in [1.165, 1.54) is 25.2 Å². The molecule has 18 heavy (non-hydrogen) atoms. The highest BCUT2D eigenvalue weighted by molar-refractivity contribution is 6.30. The van der Waals surface area contributed by atoms with Crippen LogP contribution < -0.4 is 5.32 Å². The minimum atomic E-state index is 0.299. The molecule has 0 spiro atoms. The van der Waals surface area contributed by atoms with Gasteiger partial charge in [0.2, 0.25) is 0 Å². The average molecular weight is 265 g/mol. The molecule has 0 saturated carbocycles. The molecule has 2 aliphatic rings. The Morgan fingerprint density at radius 3 is 2.67 bits per heavy atom. The van der Waals surface area contributed by atoms with E-state index < -0.39 is 0 Å². The summed E-state index contributed by atoms with van der Waals surface area (Å²) in [6.07, 6.45) is 0. The predicted molar refractivity (Wildman–Crippen MR) is 75.8 cm³/mol. The quantitative estimate of drug-likeness (QED) is 0.884. The molecule has 2 atom stereocenters. The summed E-state index contributed by atoms with van der Waals surface area (Å²) in [5, 5.41) is 4.35. The Kier molecular flexibility index (Phi) is 3.13. The number of nitrogens with one attached hydrogen (secondary N) is 1. The van der Waals surface area contributed by atoms with Gasteiger partial charge in [-0.1, -0.05) is 23.7 Å². The summed E-state index contributed by atoms with van der Waals surface area (Å²) in [6, 6.07) is 8.26. The van der Waals surface area contributed by atoms with E-state index >= 15 is 0 Å². The number of fused-ring (bicyclic) bond motifs is 1. The highest BCUT2D eigenvalue weighted by Crippen LogP contribution is 2.41. The number of hydrogen-bond acceptors (Lipinski definition) is 2. The molecule has 0 aliphatic carbocycles. The summed E-state index contributed by atoms with van der Waals surface area (Å²) in [5.41, 5.74) is 1.66. The number of halogens is 1. The Morgan fingerprint density at radius 2 is 2.00 bits per heavy atom. The summed E-state index contributed by atoms with van der Waals surface area (Å²) in [5.74, 6) is 1.62. The maximum absolute atomic E-state index is 5.94. The predicted octanol–water partition coefficient (Wildman–Crippen LogP) is 2.77. The van der Waals surface area contributed by atoms with Crippen LogP contribution >= 0.6 is 11.6 Å². The smallest absolute Gasteiger partial charge is 0.0406 e. The first kappa shape index (κ1) is 12.5. The molecule has 0 bridgehead atoms. The molecule has 2 unspecified atom stereocenters. The third-order valence-electron chi connectivity index (χ3n) is 4.80. The normalized spacial score (nSPS) is 30.6. The number of benzene rings is 1. The van der Waals surface area contributed by atoms with E-state index in [9.17, 15) is 0 Å². The van der Waals surface area contributed by atoms with E-state index in [0.29, 0.717) is 5.54 Å². The molecule has 3 heteroatoms. The molecule has 0 radical (unpaired) electrons. The zero-order chi connectivity index (χ0) is 12.8. The number of likely N-dealkylation sites (tertiary alicyclic amines) is 1. The Balaban J connectivity index is 1.75. The molecule has 1 aromatic rings. The van der Waals surface area contributed by atoms with Crippen LogP contribution in [0.3, 0.4) is 0 Å². The van der Waals surface area contributed by atoms with Gasteiger partial charge in [-0.25, -0.2) is 0 Å². The van der Waals surface area contributed by atoms with Crippen molar-refractivity contribution in [2.45, 2.75) is 25.9 Å². The topological polar surface area (TPSA) is 15.3 Å². The van der Waals surface area contributed by atoms with Crippen LogP contribution in [0, 0.1) is 11.8 Å². The van der Waals surface area contributed by atoms with Crippen LogP contribution in [0.4, 0.5) is 0 Å². The Labute approximate surface area is 114 Å². The van der Waals surface area contributed by atoms with Crippen molar-refractivity contribution >= 4 is 11.6 Å². The van der Waals surface area contributed by atoms with Crippen molar-refractivity contribution in [3.63, 3.8) is 0 Å². The van der Waals surface area contributed by atoms with Gasteiger partial charge in [0.15, 0.2) is 0 Å². The van der Waals surface area contributed by atoms with E-state index in [0.717, 1.165) is 23.4 Å². The van der Waals surface area contributed by atoms with Gasteiger partial charge in [-0.05, 0) is 49.9 Å². The molecule has 2 aliphatic heterocycles. The summed E-state index contributed by atoms with van der Waals surface area (Å²) in [7, 11) is 0. The molecule has 2 saturated heterocycles. The molecule has 2 fully saturated rings. The van der Waals surface area contributed by atoms with Gasteiger partial charge >= 0.3 is 0 Å². The summed E-state index contributed by atoms with van der Waals surface area (Å²) >= 11 is 5.94. The molecular weight excluding hydrogens is 244 g/mol. The van der Waals surface area contributed by atoms with Crippen LogP contribution in [0.5, 0.6) is 0 Å². The fourth-order valence-electron chi connectivity index (χ4n) is 3.58. The standard InChI is InChI=1S/C15H21ClN2/c1-15(2)14-8-17-7-12(14)10-18(15)9-11-3-5-13(16)6-4-11/h3-6,12,14,17H,7-10H2,1-2H3. The lowest BCUT2D eigenvalue weighted by Gasteiger charge is -2.35. The van der Waals surface area contributed by atoms with Crippen LogP contribution in [0.1, 0.15) is 19.4 Å². The van der Waals surface area contributed by atoms with Gasteiger partial charge < -0.3 is 5.32 Å². The Morgan fingerprint density at radius 1 is 1.28 bits per heavy atom. The van der Waals surface area contributed by atoms with Crippen LogP contribution in [-0.2, 0) is 6.54 Å². The zero-order valence-corrected chi connectivity index (χ0v) is 11.9. The lowest BCUT2D eigenvalue weighted by Crippen LogP contribution is -2.43. The minimum absolute atomic E-state index is 0.299. The molecule has 98 valence electrons.